The summed E-state index contributed by atoms with van der Waals surface area (Å²) in [7, 11) is 0. The van der Waals surface area contributed by atoms with Crippen molar-refractivity contribution >= 4 is 5.97 Å². The van der Waals surface area contributed by atoms with Gasteiger partial charge in [0.05, 0.1) is 31.3 Å². The third-order valence-electron chi connectivity index (χ3n) is 4.76. The molecule has 2 atom stereocenters. The van der Waals surface area contributed by atoms with Crippen molar-refractivity contribution < 1.29 is 30.3 Å². The lowest BCUT2D eigenvalue weighted by molar-refractivity contribution is -0.141. The normalized spacial score (nSPS) is 16.2. The number of carboxylic acid groups (broad SMARTS) is 1. The average Bonchev–Trinajstić information content (AvgIpc) is 2.58. The van der Waals surface area contributed by atoms with Crippen molar-refractivity contribution in [1.82, 2.24) is 0 Å². The van der Waals surface area contributed by atoms with Crippen molar-refractivity contribution in [2.75, 3.05) is 13.2 Å². The maximum Gasteiger partial charge on any atom is 0.303 e. The fourth-order valence-electron chi connectivity index (χ4n) is 3.12. The molecule has 162 valence electrons. The van der Waals surface area contributed by atoms with Crippen molar-refractivity contribution in [3.05, 3.63) is 34.9 Å². The smallest absolute Gasteiger partial charge is 0.303 e. The Balaban J connectivity index is 4.63. The van der Waals surface area contributed by atoms with Crippen molar-refractivity contribution in [2.45, 2.75) is 77.9 Å². The lowest BCUT2D eigenvalue weighted by atomic mass is 9.83. The van der Waals surface area contributed by atoms with Crippen LogP contribution >= 0.6 is 0 Å². The molecule has 5 N–H and O–H groups in total. The largest absolute Gasteiger partial charge is 0.481 e. The molecule has 0 rings (SSSR count). The van der Waals surface area contributed by atoms with E-state index in [4.69, 9.17) is 15.3 Å². The predicted octanol–water partition coefficient (Wildman–Crippen LogP) is 2.96. The van der Waals surface area contributed by atoms with Crippen LogP contribution in [0.25, 0.3) is 0 Å². The molecule has 6 nitrogen and oxygen atoms in total. The summed E-state index contributed by atoms with van der Waals surface area (Å²) in [6, 6.07) is 0. The first-order valence-corrected chi connectivity index (χ1v) is 9.84. The highest BCUT2D eigenvalue weighted by molar-refractivity contribution is 5.67. The van der Waals surface area contributed by atoms with Gasteiger partial charge in [0.2, 0.25) is 0 Å². The molecular formula is C22H38O6. The van der Waals surface area contributed by atoms with E-state index in [-0.39, 0.29) is 19.6 Å². The van der Waals surface area contributed by atoms with E-state index < -0.39 is 23.6 Å². The number of allylic oxidation sites excluding steroid dienone is 4. The molecule has 0 fully saturated rings. The molecule has 0 heterocycles. The lowest BCUT2D eigenvalue weighted by Crippen LogP contribution is -2.42. The van der Waals surface area contributed by atoms with E-state index in [9.17, 15) is 15.0 Å². The van der Waals surface area contributed by atoms with Crippen molar-refractivity contribution in [1.29, 1.82) is 0 Å². The van der Waals surface area contributed by atoms with Gasteiger partial charge >= 0.3 is 5.97 Å². The summed E-state index contributed by atoms with van der Waals surface area (Å²) in [6.45, 7) is 6.83. The number of hydrogen-bond donors (Lipinski definition) is 5. The van der Waals surface area contributed by atoms with E-state index in [1.807, 2.05) is 19.9 Å². The van der Waals surface area contributed by atoms with Crippen LogP contribution in [-0.4, -0.2) is 56.4 Å². The van der Waals surface area contributed by atoms with E-state index >= 15 is 0 Å². The molecule has 0 aliphatic carbocycles. The number of aliphatic carboxylic acids is 1. The van der Waals surface area contributed by atoms with Gasteiger partial charge in [-0.3, -0.25) is 4.79 Å². The second-order valence-electron chi connectivity index (χ2n) is 8.04. The van der Waals surface area contributed by atoms with Crippen molar-refractivity contribution in [3.8, 4) is 0 Å². The van der Waals surface area contributed by atoms with Crippen molar-refractivity contribution in [3.63, 3.8) is 0 Å². The molecule has 0 aliphatic heterocycles. The zero-order valence-corrected chi connectivity index (χ0v) is 17.7. The first-order valence-electron chi connectivity index (χ1n) is 9.84. The summed E-state index contributed by atoms with van der Waals surface area (Å²) in [5.41, 5.74) is 1.70. The van der Waals surface area contributed by atoms with Crippen LogP contribution in [0.1, 0.15) is 66.2 Å². The van der Waals surface area contributed by atoms with E-state index in [1.54, 1.807) is 6.08 Å². The maximum atomic E-state index is 11.1. The van der Waals surface area contributed by atoms with Crippen LogP contribution in [-0.2, 0) is 4.79 Å². The van der Waals surface area contributed by atoms with E-state index in [0.29, 0.717) is 6.42 Å². The van der Waals surface area contributed by atoms with Crippen LogP contribution < -0.4 is 0 Å². The number of aliphatic hydroxyl groups excluding tert-OH is 3. The highest BCUT2D eigenvalue weighted by Gasteiger charge is 2.33. The summed E-state index contributed by atoms with van der Waals surface area (Å²) >= 11 is 0. The van der Waals surface area contributed by atoms with E-state index in [2.05, 4.69) is 6.08 Å². The van der Waals surface area contributed by atoms with Crippen LogP contribution in [0, 0.1) is 5.92 Å². The van der Waals surface area contributed by atoms with E-state index in [1.165, 1.54) is 19.4 Å². The highest BCUT2D eigenvalue weighted by Crippen LogP contribution is 2.26. The van der Waals surface area contributed by atoms with Crippen molar-refractivity contribution in [2.24, 2.45) is 5.92 Å². The summed E-state index contributed by atoms with van der Waals surface area (Å²) in [4.78, 5) is 11.1. The number of carboxylic acids is 1. The number of carbonyl (C=O) groups is 1. The maximum absolute atomic E-state index is 11.1. The van der Waals surface area contributed by atoms with Gasteiger partial charge in [-0.25, -0.2) is 0 Å². The molecule has 2 unspecified atom stereocenters. The Bertz CT molecular complexity index is 554. The zero-order valence-electron chi connectivity index (χ0n) is 17.7. The second kappa shape index (κ2) is 13.7. The van der Waals surface area contributed by atoms with Gasteiger partial charge in [0.15, 0.2) is 0 Å². The summed E-state index contributed by atoms with van der Waals surface area (Å²) < 4.78 is 0. The number of rotatable bonds is 14. The molecule has 0 aliphatic rings. The van der Waals surface area contributed by atoms with E-state index in [0.717, 1.165) is 36.8 Å². The summed E-state index contributed by atoms with van der Waals surface area (Å²) in [5.74, 6) is -1.53. The Morgan fingerprint density at radius 3 is 2.04 bits per heavy atom. The molecule has 0 amide bonds. The summed E-state index contributed by atoms with van der Waals surface area (Å²) in [6.07, 6.45) is 8.12. The molecule has 0 saturated heterocycles. The fourth-order valence-corrected chi connectivity index (χ4v) is 3.12. The molecule has 0 aromatic carbocycles. The second-order valence-corrected chi connectivity index (χ2v) is 8.04. The monoisotopic (exact) mass is 398 g/mol. The minimum absolute atomic E-state index is 0.0383. The van der Waals surface area contributed by atoms with Crippen LogP contribution in [0.5, 0.6) is 0 Å². The first-order chi connectivity index (χ1) is 13.0. The molecule has 28 heavy (non-hydrogen) atoms. The SMILES string of the molecule is CC(=CCCC(=CCO)CO)CCC=C(C)CC(CC(=O)O)C(O)C(C)(C)O. The predicted molar refractivity (Wildman–Crippen MR) is 111 cm³/mol. The van der Waals surface area contributed by atoms with Crippen LogP contribution in [0.4, 0.5) is 0 Å². The molecule has 0 bridgehead atoms. The van der Waals surface area contributed by atoms with Crippen LogP contribution in [0.15, 0.2) is 34.9 Å². The van der Waals surface area contributed by atoms with Gasteiger partial charge in [-0.15, -0.1) is 0 Å². The van der Waals surface area contributed by atoms with Gasteiger partial charge in [-0.1, -0.05) is 29.4 Å². The number of aliphatic hydroxyl groups is 4. The Morgan fingerprint density at radius 2 is 1.54 bits per heavy atom. The number of hydrogen-bond acceptors (Lipinski definition) is 5. The molecular weight excluding hydrogens is 360 g/mol. The Hall–Kier alpha value is -1.47. The fraction of sp³-hybridized carbons (Fsp3) is 0.682. The molecule has 0 aromatic heterocycles. The van der Waals surface area contributed by atoms with Gasteiger partial charge < -0.3 is 25.5 Å². The molecule has 6 heteroatoms. The minimum Gasteiger partial charge on any atom is -0.481 e. The highest BCUT2D eigenvalue weighted by atomic mass is 16.4. The Kier molecular flexibility index (Phi) is 12.9. The quantitative estimate of drug-likeness (QED) is 0.287. The third kappa shape index (κ3) is 12.1. The molecule has 0 radical (unpaired) electrons. The first kappa shape index (κ1) is 26.5. The molecule has 0 aromatic rings. The Morgan fingerprint density at radius 1 is 0.964 bits per heavy atom. The molecule has 0 saturated carbocycles. The zero-order chi connectivity index (χ0) is 21.7. The van der Waals surface area contributed by atoms with Gasteiger partial charge in [0.25, 0.3) is 0 Å². The average molecular weight is 399 g/mol. The van der Waals surface area contributed by atoms with Gasteiger partial charge in [-0.2, -0.15) is 0 Å². The standard InChI is InChI=1S/C22H38O6/c1-16(8-6-10-18(15-24)11-12-23)7-5-9-17(2)13-19(14-20(25)26)21(27)22(3,4)28/h8-9,11,19,21,23-24,27-28H,5-7,10,12-15H2,1-4H3,(H,25,26). The van der Waals surface area contributed by atoms with Gasteiger partial charge in [0, 0.05) is 5.92 Å². The third-order valence-corrected chi connectivity index (χ3v) is 4.76. The van der Waals surface area contributed by atoms with Gasteiger partial charge in [0.1, 0.15) is 0 Å². The van der Waals surface area contributed by atoms with Crippen LogP contribution in [0.2, 0.25) is 0 Å². The summed E-state index contributed by atoms with van der Waals surface area (Å²) in [5, 5.41) is 47.4. The van der Waals surface area contributed by atoms with Gasteiger partial charge in [-0.05, 0) is 65.4 Å². The van der Waals surface area contributed by atoms with Crippen LogP contribution in [0.3, 0.4) is 0 Å². The lowest BCUT2D eigenvalue weighted by Gasteiger charge is -2.31. The minimum atomic E-state index is -1.35. The topological polar surface area (TPSA) is 118 Å². The molecule has 0 spiro atoms. The Labute approximate surface area is 168 Å².